The van der Waals surface area contributed by atoms with Crippen LogP contribution in [0.15, 0.2) is 42.5 Å². The van der Waals surface area contributed by atoms with Crippen molar-refractivity contribution in [1.82, 2.24) is 5.32 Å². The molecule has 0 heterocycles. The van der Waals surface area contributed by atoms with Gasteiger partial charge in [0.1, 0.15) is 17.1 Å². The number of carbonyl (C=O) groups excluding carboxylic acids is 1. The highest BCUT2D eigenvalue weighted by Crippen LogP contribution is 2.21. The maximum absolute atomic E-state index is 13.6. The molecule has 0 fully saturated rings. The molecule has 1 unspecified atom stereocenters. The monoisotopic (exact) mass is 274 g/mol. The van der Waals surface area contributed by atoms with Crippen molar-refractivity contribution in [2.24, 2.45) is 0 Å². The first kappa shape index (κ1) is 13.9. The van der Waals surface area contributed by atoms with Gasteiger partial charge in [-0.1, -0.05) is 18.2 Å². The molecule has 0 saturated carbocycles. The van der Waals surface area contributed by atoms with Gasteiger partial charge < -0.3 is 16.2 Å². The third kappa shape index (κ3) is 2.88. The van der Waals surface area contributed by atoms with E-state index in [1.807, 2.05) is 6.07 Å². The van der Waals surface area contributed by atoms with Crippen molar-refractivity contribution in [3.05, 3.63) is 59.4 Å². The van der Waals surface area contributed by atoms with E-state index in [-0.39, 0.29) is 17.4 Å². The Morgan fingerprint density at radius 3 is 2.65 bits per heavy atom. The first-order valence-corrected chi connectivity index (χ1v) is 6.13. The number of nitrogens with one attached hydrogen (secondary N) is 1. The molecule has 4 N–H and O–H groups in total. The Bertz CT molecular complexity index is 623. The van der Waals surface area contributed by atoms with Gasteiger partial charge in [-0.25, -0.2) is 4.39 Å². The number of nitrogens with two attached hydrogens (primary N) is 1. The van der Waals surface area contributed by atoms with E-state index >= 15 is 0 Å². The van der Waals surface area contributed by atoms with Crippen LogP contribution in [0.1, 0.15) is 28.9 Å². The number of phenolic OH excluding ortho intramolecular Hbond substituents is 1. The molecule has 0 spiro atoms. The molecule has 2 rings (SSSR count). The van der Waals surface area contributed by atoms with Crippen molar-refractivity contribution < 1.29 is 14.3 Å². The predicted octanol–water partition coefficient (Wildman–Crippen LogP) is 2.60. The van der Waals surface area contributed by atoms with Crippen molar-refractivity contribution >= 4 is 11.6 Å². The van der Waals surface area contributed by atoms with E-state index in [0.717, 1.165) is 11.6 Å². The van der Waals surface area contributed by atoms with Gasteiger partial charge in [-0.3, -0.25) is 4.79 Å². The van der Waals surface area contributed by atoms with Crippen LogP contribution >= 0.6 is 0 Å². The van der Waals surface area contributed by atoms with Crippen LogP contribution in [0.4, 0.5) is 10.1 Å². The van der Waals surface area contributed by atoms with Gasteiger partial charge in [0, 0.05) is 5.69 Å². The summed E-state index contributed by atoms with van der Waals surface area (Å²) in [4.78, 5) is 12.0. The largest absolute Gasteiger partial charge is 0.507 e. The second-order valence-electron chi connectivity index (χ2n) is 4.50. The molecule has 104 valence electrons. The average Bonchev–Trinajstić information content (AvgIpc) is 2.38. The Morgan fingerprint density at radius 2 is 2.00 bits per heavy atom. The zero-order valence-electron chi connectivity index (χ0n) is 10.9. The smallest absolute Gasteiger partial charge is 0.258 e. The van der Waals surface area contributed by atoms with Gasteiger partial charge in [0.25, 0.3) is 5.91 Å². The first-order chi connectivity index (χ1) is 9.49. The van der Waals surface area contributed by atoms with Crippen LogP contribution in [0.5, 0.6) is 5.75 Å². The van der Waals surface area contributed by atoms with E-state index in [1.165, 1.54) is 12.1 Å². The van der Waals surface area contributed by atoms with Gasteiger partial charge in [0.05, 0.1) is 6.04 Å². The Balaban J connectivity index is 2.20. The van der Waals surface area contributed by atoms with Crippen molar-refractivity contribution in [1.29, 1.82) is 0 Å². The van der Waals surface area contributed by atoms with Crippen LogP contribution in [0.3, 0.4) is 0 Å². The number of halogens is 1. The molecule has 0 aliphatic heterocycles. The van der Waals surface area contributed by atoms with Crippen molar-refractivity contribution in [3.8, 4) is 5.75 Å². The SMILES string of the molecule is CC(NC(=O)c1c(O)cccc1F)c1cccc(N)c1. The summed E-state index contributed by atoms with van der Waals surface area (Å²) in [6, 6.07) is 10.4. The highest BCUT2D eigenvalue weighted by atomic mass is 19.1. The fraction of sp³-hybridized carbons (Fsp3) is 0.133. The summed E-state index contributed by atoms with van der Waals surface area (Å²) in [5, 5.41) is 12.2. The van der Waals surface area contributed by atoms with Crippen LogP contribution in [-0.4, -0.2) is 11.0 Å². The number of phenols is 1. The summed E-state index contributed by atoms with van der Waals surface area (Å²) in [6.07, 6.45) is 0. The lowest BCUT2D eigenvalue weighted by molar-refractivity contribution is 0.0933. The number of amides is 1. The lowest BCUT2D eigenvalue weighted by Crippen LogP contribution is -2.27. The fourth-order valence-electron chi connectivity index (χ4n) is 1.92. The molecule has 20 heavy (non-hydrogen) atoms. The average molecular weight is 274 g/mol. The highest BCUT2D eigenvalue weighted by Gasteiger charge is 2.18. The maximum Gasteiger partial charge on any atom is 0.258 e. The Kier molecular flexibility index (Phi) is 3.89. The number of hydrogen-bond donors (Lipinski definition) is 3. The minimum absolute atomic E-state index is 0.356. The number of aromatic hydroxyl groups is 1. The normalized spacial score (nSPS) is 11.9. The first-order valence-electron chi connectivity index (χ1n) is 6.13. The molecule has 0 aromatic heterocycles. The summed E-state index contributed by atoms with van der Waals surface area (Å²) in [7, 11) is 0. The molecule has 2 aromatic rings. The Morgan fingerprint density at radius 1 is 1.30 bits per heavy atom. The number of carbonyl (C=O) groups is 1. The standard InChI is InChI=1S/C15H15FN2O2/c1-9(10-4-2-5-11(17)8-10)18-15(20)14-12(16)6-3-7-13(14)19/h2-9,19H,17H2,1H3,(H,18,20). The maximum atomic E-state index is 13.6. The topological polar surface area (TPSA) is 75.3 Å². The van der Waals surface area contributed by atoms with E-state index in [1.54, 1.807) is 25.1 Å². The third-order valence-electron chi connectivity index (χ3n) is 2.98. The summed E-state index contributed by atoms with van der Waals surface area (Å²) >= 11 is 0. The summed E-state index contributed by atoms with van der Waals surface area (Å²) in [5.74, 6) is -1.82. The zero-order chi connectivity index (χ0) is 14.7. The lowest BCUT2D eigenvalue weighted by Gasteiger charge is -2.15. The van der Waals surface area contributed by atoms with Gasteiger partial charge >= 0.3 is 0 Å². The number of nitrogen functional groups attached to an aromatic ring is 1. The number of anilines is 1. The minimum Gasteiger partial charge on any atom is -0.507 e. The molecular formula is C15H15FN2O2. The number of hydrogen-bond acceptors (Lipinski definition) is 3. The highest BCUT2D eigenvalue weighted by molar-refractivity contribution is 5.97. The Labute approximate surface area is 116 Å². The second kappa shape index (κ2) is 5.61. The van der Waals surface area contributed by atoms with Crippen molar-refractivity contribution in [2.45, 2.75) is 13.0 Å². The lowest BCUT2D eigenvalue weighted by atomic mass is 10.1. The molecule has 1 amide bonds. The molecule has 4 nitrogen and oxygen atoms in total. The zero-order valence-corrected chi connectivity index (χ0v) is 10.9. The van der Waals surface area contributed by atoms with E-state index in [2.05, 4.69) is 5.32 Å². The van der Waals surface area contributed by atoms with Crippen molar-refractivity contribution in [2.75, 3.05) is 5.73 Å². The van der Waals surface area contributed by atoms with Gasteiger partial charge in [-0.2, -0.15) is 0 Å². The Hall–Kier alpha value is -2.56. The molecule has 0 bridgehead atoms. The molecule has 0 aliphatic rings. The van der Waals surface area contributed by atoms with Gasteiger partial charge in [0.15, 0.2) is 0 Å². The number of rotatable bonds is 3. The molecule has 0 saturated heterocycles. The molecule has 1 atom stereocenters. The molecule has 5 heteroatoms. The minimum atomic E-state index is -0.762. The summed E-state index contributed by atoms with van der Waals surface area (Å²) in [5.41, 5.74) is 6.70. The summed E-state index contributed by atoms with van der Waals surface area (Å²) < 4.78 is 13.6. The van der Waals surface area contributed by atoms with Crippen LogP contribution in [0, 0.1) is 5.82 Å². The van der Waals surface area contributed by atoms with Crippen LogP contribution in [0.25, 0.3) is 0 Å². The third-order valence-corrected chi connectivity index (χ3v) is 2.98. The van der Waals surface area contributed by atoms with Gasteiger partial charge in [-0.05, 0) is 36.8 Å². The van der Waals surface area contributed by atoms with E-state index in [0.29, 0.717) is 5.69 Å². The van der Waals surface area contributed by atoms with E-state index in [4.69, 9.17) is 5.73 Å². The van der Waals surface area contributed by atoms with Gasteiger partial charge in [0.2, 0.25) is 0 Å². The number of benzene rings is 2. The van der Waals surface area contributed by atoms with Gasteiger partial charge in [-0.15, -0.1) is 0 Å². The van der Waals surface area contributed by atoms with Crippen molar-refractivity contribution in [3.63, 3.8) is 0 Å². The molecular weight excluding hydrogens is 259 g/mol. The van der Waals surface area contributed by atoms with E-state index < -0.39 is 11.7 Å². The molecule has 0 aliphatic carbocycles. The van der Waals surface area contributed by atoms with Crippen LogP contribution in [-0.2, 0) is 0 Å². The molecule has 2 aromatic carbocycles. The quantitative estimate of drug-likeness (QED) is 0.753. The fourth-order valence-corrected chi connectivity index (χ4v) is 1.92. The van der Waals surface area contributed by atoms with Crippen LogP contribution < -0.4 is 11.1 Å². The second-order valence-corrected chi connectivity index (χ2v) is 4.50. The predicted molar refractivity (Wildman–Crippen MR) is 74.8 cm³/mol. The summed E-state index contributed by atoms with van der Waals surface area (Å²) in [6.45, 7) is 1.75. The van der Waals surface area contributed by atoms with E-state index in [9.17, 15) is 14.3 Å². The van der Waals surface area contributed by atoms with Crippen LogP contribution in [0.2, 0.25) is 0 Å². The molecule has 0 radical (unpaired) electrons.